The molecule has 0 saturated carbocycles. The number of nitrogens with zero attached hydrogens (tertiary/aromatic N) is 2. The number of rotatable bonds is 5. The molecule has 0 aromatic heterocycles. The van der Waals surface area contributed by atoms with Gasteiger partial charge in [-0.05, 0) is 12.8 Å². The second-order valence-corrected chi connectivity index (χ2v) is 4.28. The zero-order valence-corrected chi connectivity index (χ0v) is 9.61. The van der Waals surface area contributed by atoms with E-state index in [0.717, 1.165) is 12.8 Å². The molecule has 0 aliphatic carbocycles. The molecule has 4 heteroatoms. The maximum atomic E-state index is 11.1. The minimum Gasteiger partial charge on any atom is -0.498 e. The first kappa shape index (κ1) is 12.0. The van der Waals surface area contributed by atoms with Crippen LogP contribution in [0.15, 0.2) is 12.4 Å². The van der Waals surface area contributed by atoms with Crippen LogP contribution in [0.2, 0.25) is 0 Å². The second kappa shape index (κ2) is 5.16. The van der Waals surface area contributed by atoms with Crippen molar-refractivity contribution < 1.29 is 14.4 Å². The predicted molar refractivity (Wildman–Crippen MR) is 56.4 cm³/mol. The van der Waals surface area contributed by atoms with E-state index >= 15 is 0 Å². The molecule has 86 valence electrons. The van der Waals surface area contributed by atoms with Gasteiger partial charge in [-0.1, -0.05) is 19.8 Å². The summed E-state index contributed by atoms with van der Waals surface area (Å²) in [7, 11) is 1.88. The molecule has 0 radical (unpaired) electrons. The van der Waals surface area contributed by atoms with E-state index in [-0.39, 0.29) is 4.48 Å². The van der Waals surface area contributed by atoms with E-state index in [0.29, 0.717) is 13.2 Å². The van der Waals surface area contributed by atoms with E-state index < -0.39 is 6.09 Å². The van der Waals surface area contributed by atoms with Gasteiger partial charge in [0.25, 0.3) is 6.09 Å². The Morgan fingerprint density at radius 2 is 2.20 bits per heavy atom. The molecule has 15 heavy (non-hydrogen) atoms. The van der Waals surface area contributed by atoms with Crippen molar-refractivity contribution in [3.8, 4) is 0 Å². The van der Waals surface area contributed by atoms with Crippen molar-refractivity contribution in [3.63, 3.8) is 0 Å². The molecular weight excluding hydrogens is 192 g/mol. The van der Waals surface area contributed by atoms with Crippen molar-refractivity contribution in [1.82, 2.24) is 4.90 Å². The number of amides is 1. The Bertz CT molecular complexity index is 253. The van der Waals surface area contributed by atoms with Crippen molar-refractivity contribution in [3.05, 3.63) is 12.4 Å². The number of hydrogen-bond acceptors (Lipinski definition) is 3. The Kier molecular flexibility index (Phi) is 4.15. The minimum absolute atomic E-state index is 0.0415. The highest BCUT2D eigenvalue weighted by Gasteiger charge is 2.32. The van der Waals surface area contributed by atoms with Gasteiger partial charge in [-0.2, -0.15) is 0 Å². The molecule has 0 aromatic carbocycles. The zero-order chi connectivity index (χ0) is 11.3. The first-order valence-electron chi connectivity index (χ1n) is 5.58. The van der Waals surface area contributed by atoms with Crippen LogP contribution in [0.3, 0.4) is 0 Å². The summed E-state index contributed by atoms with van der Waals surface area (Å²) >= 11 is 0. The standard InChI is InChI=1S/C11H20N2O2/c1-3-4-5-6-8-13(11(14)15)9-7-12(2)10-13/h7,9H,3-6,8,10H2,1-2H3. The average Bonchev–Trinajstić information content (AvgIpc) is 2.56. The summed E-state index contributed by atoms with van der Waals surface area (Å²) < 4.78 is -0.0415. The Balaban J connectivity index is 2.46. The third-order valence-corrected chi connectivity index (χ3v) is 2.86. The van der Waals surface area contributed by atoms with Gasteiger partial charge in [-0.15, -0.1) is 0 Å². The molecule has 1 heterocycles. The zero-order valence-electron chi connectivity index (χ0n) is 9.61. The SMILES string of the molecule is CCCCCC[N+]1(C(=O)[O-])C=CN(C)C1. The summed E-state index contributed by atoms with van der Waals surface area (Å²) in [5.41, 5.74) is 0. The molecule has 0 saturated heterocycles. The van der Waals surface area contributed by atoms with Crippen LogP contribution in [0.1, 0.15) is 32.6 Å². The Hall–Kier alpha value is -1.03. The lowest BCUT2D eigenvalue weighted by Gasteiger charge is -2.31. The lowest BCUT2D eigenvalue weighted by molar-refractivity contribution is -0.830. The topological polar surface area (TPSA) is 43.4 Å². The predicted octanol–water partition coefficient (Wildman–Crippen LogP) is 1.10. The number of carboxylic acid groups (broad SMARTS) is 1. The quantitative estimate of drug-likeness (QED) is 0.506. The summed E-state index contributed by atoms with van der Waals surface area (Å²) in [6, 6.07) is 0. The lowest BCUT2D eigenvalue weighted by atomic mass is 10.2. The van der Waals surface area contributed by atoms with Crippen LogP contribution in [0, 0.1) is 0 Å². The van der Waals surface area contributed by atoms with E-state index in [9.17, 15) is 9.90 Å². The fraction of sp³-hybridized carbons (Fsp3) is 0.727. The molecule has 0 aromatic rings. The Labute approximate surface area is 91.4 Å². The van der Waals surface area contributed by atoms with Crippen LogP contribution in [0.25, 0.3) is 0 Å². The van der Waals surface area contributed by atoms with Crippen LogP contribution in [0.5, 0.6) is 0 Å². The van der Waals surface area contributed by atoms with Gasteiger partial charge in [-0.25, -0.2) is 4.48 Å². The molecule has 1 amide bonds. The molecule has 0 N–H and O–H groups in total. The van der Waals surface area contributed by atoms with Gasteiger partial charge in [0, 0.05) is 7.05 Å². The van der Waals surface area contributed by atoms with Gasteiger partial charge in [0.1, 0.15) is 6.20 Å². The smallest absolute Gasteiger partial charge is 0.263 e. The van der Waals surface area contributed by atoms with Crippen LogP contribution in [-0.4, -0.2) is 35.7 Å². The second-order valence-electron chi connectivity index (χ2n) is 4.28. The molecule has 0 bridgehead atoms. The Morgan fingerprint density at radius 1 is 1.47 bits per heavy atom. The van der Waals surface area contributed by atoms with Gasteiger partial charge in [-0.3, -0.25) is 0 Å². The average molecular weight is 212 g/mol. The summed E-state index contributed by atoms with van der Waals surface area (Å²) in [6.45, 7) is 3.28. The summed E-state index contributed by atoms with van der Waals surface area (Å²) in [5, 5.41) is 11.1. The highest BCUT2D eigenvalue weighted by atomic mass is 16.4. The van der Waals surface area contributed by atoms with Gasteiger partial charge in [0.2, 0.25) is 0 Å². The molecule has 1 aliphatic heterocycles. The van der Waals surface area contributed by atoms with Crippen molar-refractivity contribution >= 4 is 6.09 Å². The molecule has 4 nitrogen and oxygen atoms in total. The molecular formula is C11H20N2O2. The van der Waals surface area contributed by atoms with Crippen molar-refractivity contribution in [2.75, 3.05) is 20.3 Å². The molecule has 0 fully saturated rings. The third-order valence-electron chi connectivity index (χ3n) is 2.86. The third kappa shape index (κ3) is 2.96. The molecule has 1 atom stereocenters. The van der Waals surface area contributed by atoms with Crippen LogP contribution >= 0.6 is 0 Å². The summed E-state index contributed by atoms with van der Waals surface area (Å²) in [6.07, 6.45) is 6.93. The van der Waals surface area contributed by atoms with Crippen molar-refractivity contribution in [1.29, 1.82) is 0 Å². The Morgan fingerprint density at radius 3 is 2.67 bits per heavy atom. The largest absolute Gasteiger partial charge is 0.498 e. The van der Waals surface area contributed by atoms with Crippen molar-refractivity contribution in [2.45, 2.75) is 32.6 Å². The highest BCUT2D eigenvalue weighted by molar-refractivity contribution is 5.55. The highest BCUT2D eigenvalue weighted by Crippen LogP contribution is 2.18. The fourth-order valence-electron chi connectivity index (χ4n) is 1.91. The van der Waals surface area contributed by atoms with E-state index in [1.165, 1.54) is 12.8 Å². The van der Waals surface area contributed by atoms with E-state index in [4.69, 9.17) is 0 Å². The van der Waals surface area contributed by atoms with E-state index in [1.54, 1.807) is 6.20 Å². The van der Waals surface area contributed by atoms with E-state index in [2.05, 4.69) is 6.92 Å². The number of hydrogen-bond donors (Lipinski definition) is 0. The van der Waals surface area contributed by atoms with Gasteiger partial charge in [0.05, 0.1) is 12.7 Å². The molecule has 1 aliphatic rings. The number of unbranched alkanes of at least 4 members (excludes halogenated alkanes) is 3. The van der Waals surface area contributed by atoms with Crippen LogP contribution < -0.4 is 5.11 Å². The number of quaternary nitrogens is 1. The maximum absolute atomic E-state index is 11.1. The van der Waals surface area contributed by atoms with E-state index in [1.807, 2.05) is 18.1 Å². The number of carbonyl (C=O) groups is 1. The lowest BCUT2D eigenvalue weighted by Crippen LogP contribution is -2.56. The fourth-order valence-corrected chi connectivity index (χ4v) is 1.91. The van der Waals surface area contributed by atoms with Gasteiger partial charge < -0.3 is 14.8 Å². The molecule has 1 rings (SSSR count). The summed E-state index contributed by atoms with van der Waals surface area (Å²) in [4.78, 5) is 13.0. The molecule has 1 unspecified atom stereocenters. The number of carbonyl (C=O) groups excluding carboxylic acids is 1. The van der Waals surface area contributed by atoms with Crippen molar-refractivity contribution in [2.24, 2.45) is 0 Å². The first-order valence-corrected chi connectivity index (χ1v) is 5.58. The minimum atomic E-state index is -0.993. The maximum Gasteiger partial charge on any atom is 0.263 e. The molecule has 0 spiro atoms. The normalized spacial score (nSPS) is 24.8. The van der Waals surface area contributed by atoms with Gasteiger partial charge in [0.15, 0.2) is 6.67 Å². The monoisotopic (exact) mass is 212 g/mol. The summed E-state index contributed by atoms with van der Waals surface area (Å²) in [5.74, 6) is 0. The van der Waals surface area contributed by atoms with Crippen LogP contribution in [0.4, 0.5) is 4.79 Å². The van der Waals surface area contributed by atoms with Crippen LogP contribution in [-0.2, 0) is 0 Å². The van der Waals surface area contributed by atoms with Gasteiger partial charge >= 0.3 is 0 Å². The first-order chi connectivity index (χ1) is 7.10.